The Morgan fingerprint density at radius 3 is 2.59 bits per heavy atom. The second-order valence-corrected chi connectivity index (χ2v) is 7.79. The fourth-order valence-corrected chi connectivity index (χ4v) is 3.35. The van der Waals surface area contributed by atoms with Gasteiger partial charge in [-0.3, -0.25) is 0 Å². The van der Waals surface area contributed by atoms with Gasteiger partial charge in [-0.1, -0.05) is 51.3 Å². The van der Waals surface area contributed by atoms with Crippen LogP contribution in [-0.4, -0.2) is 0 Å². The number of nitrogens with one attached hydrogen (secondary N) is 1. The molecule has 0 aliphatic carbocycles. The number of rotatable bonds is 6. The molecule has 0 saturated carbocycles. The summed E-state index contributed by atoms with van der Waals surface area (Å²) in [6.45, 7) is 2.54. The molecule has 27 heavy (non-hydrogen) atoms. The van der Waals surface area contributed by atoms with Gasteiger partial charge in [0.2, 0.25) is 0 Å². The average molecular weight is 469 g/mol. The second kappa shape index (κ2) is 8.96. The third kappa shape index (κ3) is 5.16. The van der Waals surface area contributed by atoms with Crippen molar-refractivity contribution in [1.82, 2.24) is 0 Å². The first-order valence-electron chi connectivity index (χ1n) is 8.28. The van der Waals surface area contributed by atoms with Crippen LogP contribution in [0.15, 0.2) is 59.1 Å². The highest BCUT2D eigenvalue weighted by Crippen LogP contribution is 2.28. The minimum absolute atomic E-state index is 0.0521. The summed E-state index contributed by atoms with van der Waals surface area (Å²) in [6, 6.07) is 16.1. The molecule has 0 aromatic heterocycles. The van der Waals surface area contributed by atoms with Gasteiger partial charge in [-0.15, -0.1) is 0 Å². The molecular weight excluding hydrogens is 452 g/mol. The topological polar surface area (TPSA) is 21.3 Å². The second-order valence-electron chi connectivity index (χ2n) is 6.06. The Labute approximate surface area is 176 Å². The van der Waals surface area contributed by atoms with E-state index in [4.69, 9.17) is 27.9 Å². The number of anilines is 1. The van der Waals surface area contributed by atoms with Crippen LogP contribution in [0.1, 0.15) is 16.7 Å². The summed E-state index contributed by atoms with van der Waals surface area (Å²) in [4.78, 5) is 0. The quantitative estimate of drug-likeness (QED) is 0.407. The highest BCUT2D eigenvalue weighted by atomic mass is 79.9. The van der Waals surface area contributed by atoms with Gasteiger partial charge in [0.05, 0.1) is 5.02 Å². The van der Waals surface area contributed by atoms with Crippen molar-refractivity contribution in [2.45, 2.75) is 20.1 Å². The Morgan fingerprint density at radius 1 is 1.04 bits per heavy atom. The minimum Gasteiger partial charge on any atom is -0.488 e. The molecule has 0 bridgehead atoms. The molecule has 3 rings (SSSR count). The molecule has 0 saturated heterocycles. The predicted octanol–water partition coefficient (Wildman–Crippen LogP) is 7.39. The predicted molar refractivity (Wildman–Crippen MR) is 113 cm³/mol. The summed E-state index contributed by atoms with van der Waals surface area (Å²) in [6.07, 6.45) is 0. The lowest BCUT2D eigenvalue weighted by Gasteiger charge is -2.15. The van der Waals surface area contributed by atoms with Gasteiger partial charge in [0.25, 0.3) is 0 Å². The van der Waals surface area contributed by atoms with Crippen LogP contribution >= 0.6 is 39.1 Å². The lowest BCUT2D eigenvalue weighted by atomic mass is 10.1. The van der Waals surface area contributed by atoms with Crippen molar-refractivity contribution in [3.8, 4) is 5.75 Å². The van der Waals surface area contributed by atoms with Crippen molar-refractivity contribution < 1.29 is 9.13 Å². The standard InChI is InChI=1S/C21H17BrCl2FNO/c1-13-5-7-16(10-19(13)24)26-11-14-9-15(22)6-8-21(14)27-12-17-18(23)3-2-4-20(17)25/h2-10,26H,11-12H2,1H3. The van der Waals surface area contributed by atoms with Crippen LogP contribution in [0.4, 0.5) is 10.1 Å². The van der Waals surface area contributed by atoms with Crippen LogP contribution in [0.5, 0.6) is 5.75 Å². The average Bonchev–Trinajstić information content (AvgIpc) is 2.63. The van der Waals surface area contributed by atoms with Crippen molar-refractivity contribution in [2.24, 2.45) is 0 Å². The summed E-state index contributed by atoms with van der Waals surface area (Å²) in [5.41, 5.74) is 3.20. The summed E-state index contributed by atoms with van der Waals surface area (Å²) in [7, 11) is 0. The SMILES string of the molecule is Cc1ccc(NCc2cc(Br)ccc2OCc2c(F)cccc2Cl)cc1Cl. The monoisotopic (exact) mass is 467 g/mol. The van der Waals surface area contributed by atoms with E-state index in [-0.39, 0.29) is 12.4 Å². The molecule has 0 aliphatic rings. The van der Waals surface area contributed by atoms with Crippen molar-refractivity contribution in [2.75, 3.05) is 5.32 Å². The highest BCUT2D eigenvalue weighted by molar-refractivity contribution is 9.10. The Morgan fingerprint density at radius 2 is 1.85 bits per heavy atom. The first kappa shape index (κ1) is 20.0. The van der Waals surface area contributed by atoms with Crippen LogP contribution in [0, 0.1) is 12.7 Å². The van der Waals surface area contributed by atoms with Crippen LogP contribution in [0.25, 0.3) is 0 Å². The van der Waals surface area contributed by atoms with Gasteiger partial charge in [-0.05, 0) is 55.0 Å². The maximum atomic E-state index is 14.0. The van der Waals surface area contributed by atoms with E-state index in [1.807, 2.05) is 43.3 Å². The lowest BCUT2D eigenvalue weighted by molar-refractivity contribution is 0.297. The molecule has 2 nitrogen and oxygen atoms in total. The maximum absolute atomic E-state index is 14.0. The smallest absolute Gasteiger partial charge is 0.131 e. The zero-order valence-electron chi connectivity index (χ0n) is 14.5. The molecule has 0 heterocycles. The molecule has 0 atom stereocenters. The van der Waals surface area contributed by atoms with Crippen LogP contribution in [-0.2, 0) is 13.2 Å². The number of benzene rings is 3. The number of hydrogen-bond donors (Lipinski definition) is 1. The van der Waals surface area contributed by atoms with Gasteiger partial charge in [0, 0.05) is 32.9 Å². The van der Waals surface area contributed by atoms with E-state index in [9.17, 15) is 4.39 Å². The minimum atomic E-state index is -0.381. The van der Waals surface area contributed by atoms with E-state index in [1.165, 1.54) is 6.07 Å². The normalized spacial score (nSPS) is 10.7. The Balaban J connectivity index is 1.75. The summed E-state index contributed by atoms with van der Waals surface area (Å²) in [5, 5.41) is 4.39. The fourth-order valence-electron chi connectivity index (χ4n) is 2.55. The van der Waals surface area contributed by atoms with E-state index in [0.717, 1.165) is 21.3 Å². The summed E-state index contributed by atoms with van der Waals surface area (Å²) in [5.74, 6) is 0.275. The molecule has 0 radical (unpaired) electrons. The van der Waals surface area contributed by atoms with Gasteiger partial charge >= 0.3 is 0 Å². The molecule has 0 fully saturated rings. The molecule has 3 aromatic rings. The highest BCUT2D eigenvalue weighted by Gasteiger charge is 2.10. The van der Waals surface area contributed by atoms with E-state index >= 15 is 0 Å². The van der Waals surface area contributed by atoms with Crippen LogP contribution < -0.4 is 10.1 Å². The number of aryl methyl sites for hydroxylation is 1. The van der Waals surface area contributed by atoms with Crippen molar-refractivity contribution in [1.29, 1.82) is 0 Å². The molecule has 0 amide bonds. The Bertz CT molecular complexity index is 945. The van der Waals surface area contributed by atoms with Gasteiger partial charge in [0.15, 0.2) is 0 Å². The van der Waals surface area contributed by atoms with Crippen molar-refractivity contribution >= 4 is 44.8 Å². The molecule has 140 valence electrons. The van der Waals surface area contributed by atoms with E-state index in [1.54, 1.807) is 12.1 Å². The zero-order valence-corrected chi connectivity index (χ0v) is 17.6. The first-order valence-corrected chi connectivity index (χ1v) is 9.83. The zero-order chi connectivity index (χ0) is 19.4. The third-order valence-electron chi connectivity index (χ3n) is 4.11. The van der Waals surface area contributed by atoms with Gasteiger partial charge in [0.1, 0.15) is 18.2 Å². The van der Waals surface area contributed by atoms with Gasteiger partial charge in [-0.2, -0.15) is 0 Å². The molecule has 6 heteroatoms. The molecule has 1 N–H and O–H groups in total. The molecule has 3 aromatic carbocycles. The largest absolute Gasteiger partial charge is 0.488 e. The fraction of sp³-hybridized carbons (Fsp3) is 0.143. The number of halogens is 4. The van der Waals surface area contributed by atoms with Crippen LogP contribution in [0.3, 0.4) is 0 Å². The number of hydrogen-bond acceptors (Lipinski definition) is 2. The summed E-state index contributed by atoms with van der Waals surface area (Å²) >= 11 is 15.7. The summed E-state index contributed by atoms with van der Waals surface area (Å²) < 4.78 is 20.7. The van der Waals surface area contributed by atoms with E-state index in [2.05, 4.69) is 21.2 Å². The molecule has 0 aliphatic heterocycles. The number of ether oxygens (including phenoxy) is 1. The Kier molecular flexibility index (Phi) is 6.64. The Hall–Kier alpha value is -1.75. The van der Waals surface area contributed by atoms with Crippen LogP contribution in [0.2, 0.25) is 10.0 Å². The molecule has 0 unspecified atom stereocenters. The maximum Gasteiger partial charge on any atom is 0.131 e. The molecular formula is C21H17BrCl2FNO. The molecule has 0 spiro atoms. The third-order valence-corrected chi connectivity index (χ3v) is 5.37. The van der Waals surface area contributed by atoms with E-state index in [0.29, 0.717) is 27.9 Å². The first-order chi connectivity index (χ1) is 12.9. The van der Waals surface area contributed by atoms with E-state index < -0.39 is 0 Å². The van der Waals surface area contributed by atoms with Gasteiger partial charge < -0.3 is 10.1 Å². The van der Waals surface area contributed by atoms with Crippen molar-refractivity contribution in [3.05, 3.63) is 91.6 Å². The van der Waals surface area contributed by atoms with Gasteiger partial charge in [-0.25, -0.2) is 4.39 Å². The lowest BCUT2D eigenvalue weighted by Crippen LogP contribution is -2.05. The van der Waals surface area contributed by atoms with Crippen molar-refractivity contribution in [3.63, 3.8) is 0 Å².